The predicted molar refractivity (Wildman–Crippen MR) is 96.2 cm³/mol. The number of hydrogen-bond donors (Lipinski definition) is 0. The van der Waals surface area contributed by atoms with Crippen LogP contribution in [-0.2, 0) is 17.4 Å². The van der Waals surface area contributed by atoms with Crippen molar-refractivity contribution in [2.45, 2.75) is 96.8 Å². The summed E-state index contributed by atoms with van der Waals surface area (Å²) in [7, 11) is 0. The van der Waals surface area contributed by atoms with Gasteiger partial charge in [0.2, 0.25) is 0 Å². The Labute approximate surface area is 166 Å². The van der Waals surface area contributed by atoms with Gasteiger partial charge in [-0.1, -0.05) is 90.4 Å². The molecule has 0 aliphatic carbocycles. The zero-order valence-corrected chi connectivity index (χ0v) is 18.0. The van der Waals surface area contributed by atoms with E-state index in [1.807, 2.05) is 0 Å². The summed E-state index contributed by atoms with van der Waals surface area (Å²) in [5.41, 5.74) is 0. The van der Waals surface area contributed by atoms with Crippen molar-refractivity contribution < 1.29 is 34.3 Å². The summed E-state index contributed by atoms with van der Waals surface area (Å²) in [6.07, 6.45) is 19.3. The molecule has 0 bridgehead atoms. The van der Waals surface area contributed by atoms with Crippen LogP contribution in [0.1, 0.15) is 96.8 Å². The average molecular weight is 341 g/mol. The summed E-state index contributed by atoms with van der Waals surface area (Å²) in [5.74, 6) is 0. The smallest absolute Gasteiger partial charge is 0.514 e. The van der Waals surface area contributed by atoms with Gasteiger partial charge in [-0.05, 0) is 6.42 Å². The molecule has 0 radical (unpaired) electrons. The minimum Gasteiger partial charge on any atom is -0.514 e. The fourth-order valence-electron chi connectivity index (χ4n) is 2.45. The summed E-state index contributed by atoms with van der Waals surface area (Å²) in [4.78, 5) is 0. The first-order valence-electron chi connectivity index (χ1n) is 8.61. The van der Waals surface area contributed by atoms with Gasteiger partial charge >= 0.3 is 29.6 Å². The van der Waals surface area contributed by atoms with Gasteiger partial charge in [-0.15, -0.1) is 0 Å². The molecule has 4 heteroatoms. The molecule has 1 nitrogen and oxygen atoms in total. The molecule has 0 spiro atoms. The van der Waals surface area contributed by atoms with E-state index >= 15 is 0 Å². The van der Waals surface area contributed by atoms with E-state index < -0.39 is 0 Å². The molecule has 0 atom stereocenters. The Morgan fingerprint density at radius 1 is 0.714 bits per heavy atom. The van der Waals surface area contributed by atoms with Crippen molar-refractivity contribution in [3.63, 3.8) is 0 Å². The first-order chi connectivity index (χ1) is 9.77. The summed E-state index contributed by atoms with van der Waals surface area (Å²) < 4.78 is 5.36. The van der Waals surface area contributed by atoms with Crippen LogP contribution in [0, 0.1) is 0 Å². The topological polar surface area (TPSA) is 9.23 Å². The van der Waals surface area contributed by atoms with Crippen LogP contribution in [0.3, 0.4) is 0 Å². The summed E-state index contributed by atoms with van der Waals surface area (Å²) in [5, 5.41) is 0. The number of hydrogen-bond acceptors (Lipinski definition) is 3. The molecule has 0 aliphatic heterocycles. The van der Waals surface area contributed by atoms with Gasteiger partial charge in [0, 0.05) is 4.38 Å². The Hall–Kier alpha value is 1.11. The Balaban J connectivity index is 0. The molecule has 0 amide bonds. The molecule has 0 fully saturated rings. The Bertz CT molecular complexity index is 213. The van der Waals surface area contributed by atoms with Gasteiger partial charge in [0.25, 0.3) is 0 Å². The number of unbranched alkanes of at least 4 members (excludes halogenated alkanes) is 13. The molecule has 0 aromatic heterocycles. The van der Waals surface area contributed by atoms with Crippen LogP contribution in [0.4, 0.5) is 0 Å². The third-order valence-corrected chi connectivity index (χ3v) is 3.95. The summed E-state index contributed by atoms with van der Waals surface area (Å²) >= 11 is 9.38. The van der Waals surface area contributed by atoms with Gasteiger partial charge in [0.05, 0.1) is 6.61 Å². The largest absolute Gasteiger partial charge is 1.00 e. The van der Waals surface area contributed by atoms with E-state index in [1.54, 1.807) is 0 Å². The van der Waals surface area contributed by atoms with Gasteiger partial charge < -0.3 is 29.6 Å². The molecule has 0 rings (SSSR count). The van der Waals surface area contributed by atoms with E-state index in [1.165, 1.54) is 83.5 Å². The van der Waals surface area contributed by atoms with Gasteiger partial charge in [0.1, 0.15) is 0 Å². The first-order valence-corrected chi connectivity index (χ1v) is 9.42. The standard InChI is InChI=1S/C17H34OS2.Na/c1-2-3-4-5-6-7-8-9-10-11-12-13-14-15-16-18-17(19)20;/h2-16H2,1H3,(H,19,20);/q;+1/p-1. The zero-order chi connectivity index (χ0) is 14.9. The van der Waals surface area contributed by atoms with E-state index in [9.17, 15) is 0 Å². The Kier molecular flexibility index (Phi) is 24.5. The molecule has 0 saturated heterocycles. The van der Waals surface area contributed by atoms with Gasteiger partial charge in [0.15, 0.2) is 0 Å². The SMILES string of the molecule is CCCCCCCCCCCCCCCCOC(=S)[S-].[Na+]. The number of thiocarbonyl (C=S) groups is 1. The van der Waals surface area contributed by atoms with E-state index in [2.05, 4.69) is 31.8 Å². The first kappa shape index (κ1) is 24.4. The van der Waals surface area contributed by atoms with Gasteiger partial charge in [-0.3, -0.25) is 0 Å². The summed E-state index contributed by atoms with van der Waals surface area (Å²) in [6, 6.07) is 0. The fourth-order valence-corrected chi connectivity index (χ4v) is 2.62. The predicted octanol–water partition coefficient (Wildman–Crippen LogP) is 3.32. The third kappa shape index (κ3) is 23.5. The van der Waals surface area contributed by atoms with Crippen LogP contribution in [0.25, 0.3) is 0 Å². The number of ether oxygens (including phenoxy) is 1. The fraction of sp³-hybridized carbons (Fsp3) is 0.941. The van der Waals surface area contributed by atoms with Crippen molar-refractivity contribution in [1.82, 2.24) is 0 Å². The van der Waals surface area contributed by atoms with Crippen molar-refractivity contribution in [2.24, 2.45) is 0 Å². The van der Waals surface area contributed by atoms with Crippen LogP contribution in [-0.4, -0.2) is 11.0 Å². The van der Waals surface area contributed by atoms with Crippen LogP contribution < -0.4 is 29.6 Å². The van der Waals surface area contributed by atoms with Crippen molar-refractivity contribution in [2.75, 3.05) is 6.61 Å². The average Bonchev–Trinajstić information content (AvgIpc) is 2.43. The number of rotatable bonds is 15. The Morgan fingerprint density at radius 3 is 1.38 bits per heavy atom. The summed E-state index contributed by atoms with van der Waals surface area (Å²) in [6.45, 7) is 2.99. The van der Waals surface area contributed by atoms with Gasteiger partial charge in [-0.25, -0.2) is 0 Å². The Morgan fingerprint density at radius 2 is 1.05 bits per heavy atom. The van der Waals surface area contributed by atoms with E-state index in [0.717, 1.165) is 6.42 Å². The molecular formula is C17H33NaOS2. The second kappa shape index (κ2) is 21.1. The second-order valence-corrected chi connectivity index (χ2v) is 6.69. The molecule has 0 saturated carbocycles. The molecule has 0 aliphatic rings. The van der Waals surface area contributed by atoms with E-state index in [0.29, 0.717) is 6.61 Å². The maximum atomic E-state index is 5.10. The van der Waals surface area contributed by atoms with Gasteiger partial charge in [-0.2, -0.15) is 0 Å². The molecule has 0 unspecified atom stereocenters. The van der Waals surface area contributed by atoms with Crippen LogP contribution in [0.2, 0.25) is 0 Å². The van der Waals surface area contributed by atoms with Crippen molar-refractivity contribution in [1.29, 1.82) is 0 Å². The van der Waals surface area contributed by atoms with Crippen LogP contribution in [0.5, 0.6) is 0 Å². The van der Waals surface area contributed by atoms with Crippen molar-refractivity contribution in [3.8, 4) is 0 Å². The monoisotopic (exact) mass is 340 g/mol. The van der Waals surface area contributed by atoms with E-state index in [4.69, 9.17) is 4.74 Å². The second-order valence-electron chi connectivity index (χ2n) is 5.69. The minimum atomic E-state index is 0. The molecule has 0 N–H and O–H groups in total. The van der Waals surface area contributed by atoms with E-state index in [-0.39, 0.29) is 33.9 Å². The minimum absolute atomic E-state index is 0. The quantitative estimate of drug-likeness (QED) is 0.196. The van der Waals surface area contributed by atoms with Crippen molar-refractivity contribution >= 4 is 29.2 Å². The normalized spacial score (nSPS) is 10.1. The van der Waals surface area contributed by atoms with Crippen LogP contribution >= 0.6 is 12.2 Å². The molecule has 0 aromatic rings. The third-order valence-electron chi connectivity index (χ3n) is 3.72. The maximum absolute atomic E-state index is 5.10. The molecule has 120 valence electrons. The molecule has 0 heterocycles. The van der Waals surface area contributed by atoms with Crippen molar-refractivity contribution in [3.05, 3.63) is 0 Å². The zero-order valence-electron chi connectivity index (χ0n) is 14.3. The molecule has 0 aromatic carbocycles. The maximum Gasteiger partial charge on any atom is 1.00 e. The molecule has 21 heavy (non-hydrogen) atoms. The molecular weight excluding hydrogens is 307 g/mol. The van der Waals surface area contributed by atoms with Crippen LogP contribution in [0.15, 0.2) is 0 Å².